The van der Waals surface area contributed by atoms with Gasteiger partial charge in [0.2, 0.25) is 12.3 Å². The van der Waals surface area contributed by atoms with Gasteiger partial charge < -0.3 is 14.7 Å². The lowest BCUT2D eigenvalue weighted by Gasteiger charge is -2.29. The lowest BCUT2D eigenvalue weighted by molar-refractivity contribution is -0.167. The minimum absolute atomic E-state index is 0.0232. The molecule has 7 nitrogen and oxygen atoms in total. The maximum atomic E-state index is 11.5. The number of likely N-dealkylation sites (tertiary alicyclic amines) is 1. The highest BCUT2D eigenvalue weighted by Crippen LogP contribution is 2.26. The predicted molar refractivity (Wildman–Crippen MR) is 68.7 cm³/mol. The number of esters is 1. The second kappa shape index (κ2) is 6.91. The van der Waals surface area contributed by atoms with Crippen molar-refractivity contribution < 1.29 is 24.2 Å². The Bertz CT molecular complexity index is 427. The molecule has 0 bridgehead atoms. The van der Waals surface area contributed by atoms with Crippen LogP contribution < -0.4 is 0 Å². The molecule has 1 fully saturated rings. The Balaban J connectivity index is 2.35. The summed E-state index contributed by atoms with van der Waals surface area (Å²) in [6.07, 6.45) is 6.13. The van der Waals surface area contributed by atoms with Gasteiger partial charge in [-0.2, -0.15) is 0 Å². The van der Waals surface area contributed by atoms with Crippen LogP contribution in [0.2, 0.25) is 0 Å². The van der Waals surface area contributed by atoms with E-state index in [0.717, 1.165) is 4.90 Å². The molecule has 0 aromatic rings. The van der Waals surface area contributed by atoms with Gasteiger partial charge in [-0.15, -0.1) is 6.42 Å². The van der Waals surface area contributed by atoms with E-state index in [4.69, 9.17) is 11.2 Å². The summed E-state index contributed by atoms with van der Waals surface area (Å²) in [5.41, 5.74) is -1.28. The van der Waals surface area contributed by atoms with Crippen molar-refractivity contribution in [2.45, 2.75) is 31.9 Å². The summed E-state index contributed by atoms with van der Waals surface area (Å²) in [7, 11) is 0. The van der Waals surface area contributed by atoms with Crippen LogP contribution in [0.15, 0.2) is 0 Å². The first kappa shape index (κ1) is 16.0. The fourth-order valence-electron chi connectivity index (χ4n) is 1.82. The number of nitrogens with zero attached hydrogens (tertiary/aromatic N) is 2. The van der Waals surface area contributed by atoms with Crippen molar-refractivity contribution in [2.24, 2.45) is 0 Å². The van der Waals surface area contributed by atoms with E-state index in [2.05, 4.69) is 5.92 Å². The fraction of sp³-hybridized carbons (Fsp3) is 0.615. The SMILES string of the molecule is C#CCN(C=O)CCC(=O)OCN1C(=O)CCC1(C)O. The van der Waals surface area contributed by atoms with Crippen molar-refractivity contribution in [3.63, 3.8) is 0 Å². The lowest BCUT2D eigenvalue weighted by atomic mass is 10.2. The summed E-state index contributed by atoms with van der Waals surface area (Å²) in [6, 6.07) is 0. The monoisotopic (exact) mass is 282 g/mol. The van der Waals surface area contributed by atoms with E-state index < -0.39 is 11.7 Å². The zero-order valence-corrected chi connectivity index (χ0v) is 11.4. The molecule has 20 heavy (non-hydrogen) atoms. The van der Waals surface area contributed by atoms with E-state index in [1.807, 2.05) is 0 Å². The topological polar surface area (TPSA) is 87.2 Å². The zero-order chi connectivity index (χ0) is 15.2. The van der Waals surface area contributed by atoms with Gasteiger partial charge in [-0.3, -0.25) is 19.3 Å². The van der Waals surface area contributed by atoms with Crippen molar-refractivity contribution in [1.82, 2.24) is 9.80 Å². The average molecular weight is 282 g/mol. The Kier molecular flexibility index (Phi) is 5.53. The van der Waals surface area contributed by atoms with Crippen molar-refractivity contribution >= 4 is 18.3 Å². The molecule has 1 rings (SSSR count). The van der Waals surface area contributed by atoms with Gasteiger partial charge >= 0.3 is 5.97 Å². The number of aliphatic hydroxyl groups is 1. The Morgan fingerprint density at radius 1 is 1.70 bits per heavy atom. The summed E-state index contributed by atoms with van der Waals surface area (Å²) in [5.74, 6) is 1.47. The first-order valence-electron chi connectivity index (χ1n) is 6.22. The van der Waals surface area contributed by atoms with E-state index in [1.54, 1.807) is 0 Å². The van der Waals surface area contributed by atoms with Gasteiger partial charge in [-0.1, -0.05) is 5.92 Å². The molecule has 1 heterocycles. The van der Waals surface area contributed by atoms with Crippen LogP contribution in [0.5, 0.6) is 0 Å². The summed E-state index contributed by atoms with van der Waals surface area (Å²) in [5, 5.41) is 9.90. The normalized spacial score (nSPS) is 21.4. The van der Waals surface area contributed by atoms with E-state index in [1.165, 1.54) is 11.8 Å². The van der Waals surface area contributed by atoms with Crippen LogP contribution in [0, 0.1) is 12.3 Å². The molecule has 1 saturated heterocycles. The number of hydrogen-bond acceptors (Lipinski definition) is 5. The zero-order valence-electron chi connectivity index (χ0n) is 11.4. The van der Waals surface area contributed by atoms with Crippen molar-refractivity contribution in [3.05, 3.63) is 0 Å². The molecule has 0 radical (unpaired) electrons. The Labute approximate surface area is 117 Å². The van der Waals surface area contributed by atoms with Gasteiger partial charge in [-0.25, -0.2) is 0 Å². The Morgan fingerprint density at radius 3 is 2.90 bits per heavy atom. The van der Waals surface area contributed by atoms with Crippen LogP contribution in [0.1, 0.15) is 26.2 Å². The molecule has 2 amide bonds. The molecule has 110 valence electrons. The molecule has 1 aliphatic rings. The van der Waals surface area contributed by atoms with Gasteiger partial charge in [0, 0.05) is 19.4 Å². The van der Waals surface area contributed by atoms with Gasteiger partial charge in [-0.05, 0) is 6.92 Å². The molecule has 0 aromatic heterocycles. The smallest absolute Gasteiger partial charge is 0.309 e. The highest BCUT2D eigenvalue weighted by molar-refractivity contribution is 5.79. The molecule has 1 atom stereocenters. The quantitative estimate of drug-likeness (QED) is 0.379. The van der Waals surface area contributed by atoms with Crippen molar-refractivity contribution in [3.8, 4) is 12.3 Å². The number of terminal acetylenes is 1. The first-order chi connectivity index (χ1) is 9.40. The molecular weight excluding hydrogens is 264 g/mol. The van der Waals surface area contributed by atoms with Crippen LogP contribution in [0.25, 0.3) is 0 Å². The molecule has 1 aliphatic heterocycles. The lowest BCUT2D eigenvalue weighted by Crippen LogP contribution is -2.44. The number of amides is 2. The van der Waals surface area contributed by atoms with E-state index in [9.17, 15) is 19.5 Å². The van der Waals surface area contributed by atoms with Gasteiger partial charge in [0.1, 0.15) is 5.72 Å². The third-order valence-electron chi connectivity index (χ3n) is 3.10. The number of carbonyl (C=O) groups is 3. The predicted octanol–water partition coefficient (Wildman–Crippen LogP) is -0.700. The fourth-order valence-corrected chi connectivity index (χ4v) is 1.82. The standard InChI is InChI=1S/C13H18N2O5/c1-3-7-14(9-16)8-5-12(18)20-10-15-11(17)4-6-13(15,2)19/h1,9,19H,4-8,10H2,2H3. The summed E-state index contributed by atoms with van der Waals surface area (Å²) >= 11 is 0. The molecule has 0 saturated carbocycles. The highest BCUT2D eigenvalue weighted by Gasteiger charge is 2.40. The Hall–Kier alpha value is -2.07. The molecular formula is C13H18N2O5. The second-order valence-corrected chi connectivity index (χ2v) is 4.71. The number of rotatable bonds is 7. The van der Waals surface area contributed by atoms with Crippen LogP contribution in [-0.4, -0.2) is 58.7 Å². The van der Waals surface area contributed by atoms with Crippen molar-refractivity contribution in [1.29, 1.82) is 0 Å². The average Bonchev–Trinajstić information content (AvgIpc) is 2.66. The maximum Gasteiger partial charge on any atom is 0.309 e. The van der Waals surface area contributed by atoms with Crippen LogP contribution in [-0.2, 0) is 19.1 Å². The second-order valence-electron chi connectivity index (χ2n) is 4.71. The van der Waals surface area contributed by atoms with Gasteiger partial charge in [0.25, 0.3) is 0 Å². The molecule has 1 N–H and O–H groups in total. The van der Waals surface area contributed by atoms with Crippen molar-refractivity contribution in [2.75, 3.05) is 19.8 Å². The highest BCUT2D eigenvalue weighted by atomic mass is 16.5. The third kappa shape index (κ3) is 4.24. The van der Waals surface area contributed by atoms with E-state index in [0.29, 0.717) is 12.8 Å². The summed E-state index contributed by atoms with van der Waals surface area (Å²) in [6.45, 7) is 1.47. The van der Waals surface area contributed by atoms with Crippen LogP contribution in [0.4, 0.5) is 0 Å². The summed E-state index contributed by atoms with van der Waals surface area (Å²) < 4.78 is 4.92. The Morgan fingerprint density at radius 2 is 2.40 bits per heavy atom. The minimum Gasteiger partial charge on any atom is -0.444 e. The third-order valence-corrected chi connectivity index (χ3v) is 3.10. The first-order valence-corrected chi connectivity index (χ1v) is 6.22. The maximum absolute atomic E-state index is 11.5. The largest absolute Gasteiger partial charge is 0.444 e. The molecule has 1 unspecified atom stereocenters. The summed E-state index contributed by atoms with van der Waals surface area (Å²) in [4.78, 5) is 36.0. The van der Waals surface area contributed by atoms with Gasteiger partial charge in [0.15, 0.2) is 6.73 Å². The molecule has 0 aromatic carbocycles. The number of carbonyl (C=O) groups excluding carboxylic acids is 3. The van der Waals surface area contributed by atoms with Crippen LogP contribution >= 0.6 is 0 Å². The molecule has 0 spiro atoms. The molecule has 7 heteroatoms. The van der Waals surface area contributed by atoms with E-state index >= 15 is 0 Å². The van der Waals surface area contributed by atoms with Gasteiger partial charge in [0.05, 0.1) is 13.0 Å². The minimum atomic E-state index is -1.28. The molecule has 0 aliphatic carbocycles. The van der Waals surface area contributed by atoms with Crippen LogP contribution in [0.3, 0.4) is 0 Å². The number of ether oxygens (including phenoxy) is 1. The number of hydrogen-bond donors (Lipinski definition) is 1. The van der Waals surface area contributed by atoms with E-state index in [-0.39, 0.29) is 38.6 Å².